The predicted molar refractivity (Wildman–Crippen MR) is 89.7 cm³/mol. The van der Waals surface area contributed by atoms with Gasteiger partial charge in [0.05, 0.1) is 26.0 Å². The third kappa shape index (κ3) is 4.05. The number of halogens is 1. The minimum atomic E-state index is -0.167. The standard InChI is InChI=1S/C16H17ClN4O3/c1-23-14-8-18-9-15(20-14)24-13-6-7-21(10-13)16(22)19-12-4-2-11(17)3-5-12/h2-5,8-9,13H,6-7,10H2,1H3,(H,19,22). The summed E-state index contributed by atoms with van der Waals surface area (Å²) in [4.78, 5) is 22.1. The van der Waals surface area contributed by atoms with E-state index in [0.29, 0.717) is 35.6 Å². The van der Waals surface area contributed by atoms with Gasteiger partial charge in [0.25, 0.3) is 0 Å². The lowest BCUT2D eigenvalue weighted by Crippen LogP contribution is -2.34. The van der Waals surface area contributed by atoms with Gasteiger partial charge >= 0.3 is 6.03 Å². The number of amides is 2. The number of aromatic nitrogens is 2. The Kier molecular flexibility index (Phi) is 5.00. The second kappa shape index (κ2) is 7.35. The molecule has 2 heterocycles. The molecule has 126 valence electrons. The fourth-order valence-electron chi connectivity index (χ4n) is 2.40. The molecule has 1 N–H and O–H groups in total. The molecule has 2 aromatic rings. The van der Waals surface area contributed by atoms with E-state index in [2.05, 4.69) is 15.3 Å². The number of nitrogens with one attached hydrogen (secondary N) is 1. The average Bonchev–Trinajstić information content (AvgIpc) is 3.06. The van der Waals surface area contributed by atoms with Crippen molar-refractivity contribution in [3.8, 4) is 11.8 Å². The zero-order valence-corrected chi connectivity index (χ0v) is 13.9. The van der Waals surface area contributed by atoms with Crippen LogP contribution in [-0.2, 0) is 0 Å². The molecule has 1 fully saturated rings. The van der Waals surface area contributed by atoms with Gasteiger partial charge in [-0.25, -0.2) is 4.79 Å². The largest absolute Gasteiger partial charge is 0.480 e. The summed E-state index contributed by atoms with van der Waals surface area (Å²) in [7, 11) is 1.52. The molecular weight excluding hydrogens is 332 g/mol. The molecule has 8 heteroatoms. The van der Waals surface area contributed by atoms with Crippen LogP contribution in [0.2, 0.25) is 5.02 Å². The van der Waals surface area contributed by atoms with E-state index in [1.807, 2.05) is 0 Å². The number of hydrogen-bond donors (Lipinski definition) is 1. The Bertz CT molecular complexity index is 711. The van der Waals surface area contributed by atoms with E-state index in [9.17, 15) is 4.79 Å². The molecule has 1 aliphatic heterocycles. The number of likely N-dealkylation sites (tertiary alicyclic amines) is 1. The number of methoxy groups -OCH3 is 1. The second-order valence-corrected chi connectivity index (χ2v) is 5.75. The number of carbonyl (C=O) groups excluding carboxylic acids is 1. The highest BCUT2D eigenvalue weighted by molar-refractivity contribution is 6.30. The highest BCUT2D eigenvalue weighted by Crippen LogP contribution is 2.19. The molecule has 0 spiro atoms. The number of urea groups is 1. The Labute approximate surface area is 144 Å². The molecule has 1 aromatic carbocycles. The lowest BCUT2D eigenvalue weighted by molar-refractivity contribution is 0.188. The third-order valence-electron chi connectivity index (χ3n) is 3.61. The van der Waals surface area contributed by atoms with Crippen molar-refractivity contribution in [1.29, 1.82) is 0 Å². The molecular formula is C16H17ClN4O3. The predicted octanol–water partition coefficient (Wildman–Crippen LogP) is 2.82. The molecule has 1 saturated heterocycles. The van der Waals surface area contributed by atoms with Crippen LogP contribution in [0.1, 0.15) is 6.42 Å². The van der Waals surface area contributed by atoms with E-state index in [4.69, 9.17) is 21.1 Å². The highest BCUT2D eigenvalue weighted by Gasteiger charge is 2.28. The maximum absolute atomic E-state index is 12.3. The molecule has 3 rings (SSSR count). The molecule has 0 aliphatic carbocycles. The van der Waals surface area contributed by atoms with E-state index in [-0.39, 0.29) is 12.1 Å². The summed E-state index contributed by atoms with van der Waals surface area (Å²) in [5.74, 6) is 0.780. The van der Waals surface area contributed by atoms with Crippen LogP contribution in [0.5, 0.6) is 11.8 Å². The first-order valence-electron chi connectivity index (χ1n) is 7.48. The van der Waals surface area contributed by atoms with Crippen molar-refractivity contribution in [3.05, 3.63) is 41.7 Å². The van der Waals surface area contributed by atoms with Crippen molar-refractivity contribution in [3.63, 3.8) is 0 Å². The van der Waals surface area contributed by atoms with Crippen LogP contribution in [-0.4, -0.2) is 47.2 Å². The number of rotatable bonds is 4. The van der Waals surface area contributed by atoms with Gasteiger partial charge in [0.1, 0.15) is 6.10 Å². The minimum Gasteiger partial charge on any atom is -0.480 e. The van der Waals surface area contributed by atoms with Crippen LogP contribution in [0.3, 0.4) is 0 Å². The maximum atomic E-state index is 12.3. The van der Waals surface area contributed by atoms with Crippen LogP contribution in [0.15, 0.2) is 36.7 Å². The summed E-state index contributed by atoms with van der Waals surface area (Å²) in [6.45, 7) is 1.10. The Morgan fingerprint density at radius 1 is 1.29 bits per heavy atom. The van der Waals surface area contributed by atoms with Gasteiger partial charge < -0.3 is 19.7 Å². The number of anilines is 1. The Morgan fingerprint density at radius 3 is 2.79 bits per heavy atom. The van der Waals surface area contributed by atoms with Crippen molar-refractivity contribution in [2.24, 2.45) is 0 Å². The van der Waals surface area contributed by atoms with Crippen LogP contribution in [0.25, 0.3) is 0 Å². The van der Waals surface area contributed by atoms with Crippen LogP contribution in [0, 0.1) is 0 Å². The van der Waals surface area contributed by atoms with E-state index in [0.717, 1.165) is 6.42 Å². The number of ether oxygens (including phenoxy) is 2. The zero-order chi connectivity index (χ0) is 16.9. The van der Waals surface area contributed by atoms with Crippen molar-refractivity contribution in [2.75, 3.05) is 25.5 Å². The minimum absolute atomic E-state index is 0.123. The van der Waals surface area contributed by atoms with Gasteiger partial charge in [-0.3, -0.25) is 4.98 Å². The molecule has 1 aromatic heterocycles. The van der Waals surface area contributed by atoms with Crippen LogP contribution >= 0.6 is 11.6 Å². The van der Waals surface area contributed by atoms with E-state index in [1.54, 1.807) is 29.2 Å². The van der Waals surface area contributed by atoms with E-state index >= 15 is 0 Å². The zero-order valence-electron chi connectivity index (χ0n) is 13.1. The Morgan fingerprint density at radius 2 is 2.04 bits per heavy atom. The normalized spacial score (nSPS) is 16.8. The SMILES string of the molecule is COc1cncc(OC2CCN(C(=O)Nc3ccc(Cl)cc3)C2)n1. The lowest BCUT2D eigenvalue weighted by Gasteiger charge is -2.17. The van der Waals surface area contributed by atoms with Gasteiger partial charge in [0.2, 0.25) is 11.8 Å². The number of nitrogens with zero attached hydrogens (tertiary/aromatic N) is 3. The number of carbonyl (C=O) groups is 1. The first-order chi connectivity index (χ1) is 11.6. The van der Waals surface area contributed by atoms with Gasteiger partial charge in [-0.15, -0.1) is 0 Å². The van der Waals surface area contributed by atoms with Gasteiger partial charge in [-0.1, -0.05) is 11.6 Å². The van der Waals surface area contributed by atoms with Crippen LogP contribution in [0.4, 0.5) is 10.5 Å². The summed E-state index contributed by atoms with van der Waals surface area (Å²) < 4.78 is 10.8. The first-order valence-corrected chi connectivity index (χ1v) is 7.86. The quantitative estimate of drug-likeness (QED) is 0.919. The summed E-state index contributed by atoms with van der Waals surface area (Å²) >= 11 is 5.83. The maximum Gasteiger partial charge on any atom is 0.321 e. The number of hydrogen-bond acceptors (Lipinski definition) is 5. The molecule has 2 amide bonds. The van der Waals surface area contributed by atoms with Crippen molar-refractivity contribution in [1.82, 2.24) is 14.9 Å². The second-order valence-electron chi connectivity index (χ2n) is 5.31. The first kappa shape index (κ1) is 16.3. The van der Waals surface area contributed by atoms with Gasteiger partial charge in [0, 0.05) is 23.7 Å². The summed E-state index contributed by atoms with van der Waals surface area (Å²) in [5.41, 5.74) is 0.701. The third-order valence-corrected chi connectivity index (χ3v) is 3.87. The topological polar surface area (TPSA) is 76.6 Å². The van der Waals surface area contributed by atoms with Crippen molar-refractivity contribution < 1.29 is 14.3 Å². The van der Waals surface area contributed by atoms with Crippen LogP contribution < -0.4 is 14.8 Å². The Balaban J connectivity index is 1.54. The van der Waals surface area contributed by atoms with Crippen molar-refractivity contribution >= 4 is 23.3 Å². The molecule has 7 nitrogen and oxygen atoms in total. The Hall–Kier alpha value is -2.54. The summed E-state index contributed by atoms with van der Waals surface area (Å²) in [6, 6.07) is 6.81. The fraction of sp³-hybridized carbons (Fsp3) is 0.312. The van der Waals surface area contributed by atoms with Gasteiger partial charge in [-0.05, 0) is 24.3 Å². The molecule has 0 saturated carbocycles. The average molecular weight is 349 g/mol. The molecule has 0 bridgehead atoms. The molecule has 1 unspecified atom stereocenters. The molecule has 1 aliphatic rings. The highest BCUT2D eigenvalue weighted by atomic mass is 35.5. The monoisotopic (exact) mass is 348 g/mol. The van der Waals surface area contributed by atoms with E-state index in [1.165, 1.54) is 19.5 Å². The van der Waals surface area contributed by atoms with Gasteiger partial charge in [0.15, 0.2) is 0 Å². The molecule has 0 radical (unpaired) electrons. The van der Waals surface area contributed by atoms with Gasteiger partial charge in [-0.2, -0.15) is 4.98 Å². The molecule has 24 heavy (non-hydrogen) atoms. The smallest absolute Gasteiger partial charge is 0.321 e. The molecule has 1 atom stereocenters. The fourth-order valence-corrected chi connectivity index (χ4v) is 2.53. The van der Waals surface area contributed by atoms with E-state index < -0.39 is 0 Å². The summed E-state index contributed by atoms with van der Waals surface area (Å²) in [6.07, 6.45) is 3.64. The lowest BCUT2D eigenvalue weighted by atomic mass is 10.3. The number of benzene rings is 1. The van der Waals surface area contributed by atoms with Crippen molar-refractivity contribution in [2.45, 2.75) is 12.5 Å². The summed E-state index contributed by atoms with van der Waals surface area (Å²) in [5, 5.41) is 3.47.